The quantitative estimate of drug-likeness (QED) is 0.379. The lowest BCUT2D eigenvalue weighted by Crippen LogP contribution is -2.06. The summed E-state index contributed by atoms with van der Waals surface area (Å²) in [5, 5.41) is 0.879. The summed E-state index contributed by atoms with van der Waals surface area (Å²) in [6.45, 7) is 0. The number of ether oxygens (including phenoxy) is 1. The molecule has 0 aliphatic rings. The minimum Gasteiger partial charge on any atom is -0.449 e. The Balaban J connectivity index is 1.53. The first-order chi connectivity index (χ1) is 11.8. The molecular formula is C21H14O3. The van der Waals surface area contributed by atoms with Crippen LogP contribution < -0.4 is 4.74 Å². The van der Waals surface area contributed by atoms with Gasteiger partial charge < -0.3 is 9.15 Å². The Bertz CT molecular complexity index is 949. The van der Waals surface area contributed by atoms with Crippen LogP contribution in [0.1, 0.15) is 10.6 Å². The van der Waals surface area contributed by atoms with E-state index in [0.717, 1.165) is 16.5 Å². The second-order valence-corrected chi connectivity index (χ2v) is 5.43. The maximum atomic E-state index is 12.2. The van der Waals surface area contributed by atoms with Crippen LogP contribution in [-0.4, -0.2) is 5.97 Å². The van der Waals surface area contributed by atoms with Crippen LogP contribution in [0.3, 0.4) is 0 Å². The van der Waals surface area contributed by atoms with Gasteiger partial charge in [-0.25, -0.2) is 4.79 Å². The molecular weight excluding hydrogens is 300 g/mol. The van der Waals surface area contributed by atoms with Crippen LogP contribution in [0, 0.1) is 0 Å². The van der Waals surface area contributed by atoms with Crippen molar-refractivity contribution >= 4 is 16.9 Å². The fourth-order valence-electron chi connectivity index (χ4n) is 2.59. The molecule has 116 valence electrons. The highest BCUT2D eigenvalue weighted by Gasteiger charge is 2.14. The van der Waals surface area contributed by atoms with Crippen LogP contribution in [0.5, 0.6) is 5.75 Å². The summed E-state index contributed by atoms with van der Waals surface area (Å²) < 4.78 is 10.9. The minimum absolute atomic E-state index is 0.198. The summed E-state index contributed by atoms with van der Waals surface area (Å²) in [7, 11) is 0. The van der Waals surface area contributed by atoms with Crippen molar-refractivity contribution in [2.75, 3.05) is 0 Å². The Hall–Kier alpha value is -3.33. The SMILES string of the molecule is O=C(Oc1ccc(-c2ccccc2)cc1)c1cc2ccccc2o1. The Kier molecular flexibility index (Phi) is 3.60. The van der Waals surface area contributed by atoms with Gasteiger partial charge in [0.2, 0.25) is 5.76 Å². The molecule has 0 spiro atoms. The van der Waals surface area contributed by atoms with E-state index in [2.05, 4.69) is 0 Å². The molecule has 0 saturated heterocycles. The van der Waals surface area contributed by atoms with Crippen LogP contribution in [0.15, 0.2) is 89.3 Å². The highest BCUT2D eigenvalue weighted by atomic mass is 16.5. The van der Waals surface area contributed by atoms with Crippen molar-refractivity contribution in [1.29, 1.82) is 0 Å². The lowest BCUT2D eigenvalue weighted by atomic mass is 10.1. The molecule has 0 amide bonds. The van der Waals surface area contributed by atoms with Crippen LogP contribution in [0.2, 0.25) is 0 Å². The van der Waals surface area contributed by atoms with Crippen LogP contribution in [0.25, 0.3) is 22.1 Å². The Labute approximate surface area is 139 Å². The number of para-hydroxylation sites is 1. The molecule has 0 radical (unpaired) electrons. The number of carbonyl (C=O) groups is 1. The molecule has 0 aliphatic carbocycles. The zero-order chi connectivity index (χ0) is 16.4. The lowest BCUT2D eigenvalue weighted by Gasteiger charge is -2.04. The predicted molar refractivity (Wildman–Crippen MR) is 93.1 cm³/mol. The van der Waals surface area contributed by atoms with E-state index in [0.29, 0.717) is 11.3 Å². The van der Waals surface area contributed by atoms with Crippen LogP contribution in [-0.2, 0) is 0 Å². The van der Waals surface area contributed by atoms with Crippen LogP contribution >= 0.6 is 0 Å². The normalized spacial score (nSPS) is 10.7. The molecule has 0 fully saturated rings. The zero-order valence-corrected chi connectivity index (χ0v) is 12.8. The summed E-state index contributed by atoms with van der Waals surface area (Å²) in [5.74, 6) is 0.183. The summed E-state index contributed by atoms with van der Waals surface area (Å²) in [4.78, 5) is 12.2. The van der Waals surface area contributed by atoms with Crippen molar-refractivity contribution in [2.24, 2.45) is 0 Å². The smallest absolute Gasteiger partial charge is 0.379 e. The average Bonchev–Trinajstić information content (AvgIpc) is 3.07. The second-order valence-electron chi connectivity index (χ2n) is 5.43. The average molecular weight is 314 g/mol. The highest BCUT2D eigenvalue weighted by Crippen LogP contribution is 2.24. The molecule has 24 heavy (non-hydrogen) atoms. The number of rotatable bonds is 3. The molecule has 3 nitrogen and oxygen atoms in total. The van der Waals surface area contributed by atoms with Gasteiger partial charge in [0.25, 0.3) is 0 Å². The summed E-state index contributed by atoms with van der Waals surface area (Å²) >= 11 is 0. The first-order valence-electron chi connectivity index (χ1n) is 7.66. The molecule has 0 bridgehead atoms. The molecule has 1 heterocycles. The number of carbonyl (C=O) groups excluding carboxylic acids is 1. The maximum absolute atomic E-state index is 12.2. The van der Waals surface area contributed by atoms with Crippen molar-refractivity contribution in [3.63, 3.8) is 0 Å². The molecule has 4 aromatic rings. The van der Waals surface area contributed by atoms with Gasteiger partial charge in [-0.2, -0.15) is 0 Å². The molecule has 0 aliphatic heterocycles. The van der Waals surface area contributed by atoms with Crippen molar-refractivity contribution in [2.45, 2.75) is 0 Å². The van der Waals surface area contributed by atoms with Gasteiger partial charge in [-0.15, -0.1) is 0 Å². The molecule has 0 saturated carbocycles. The van der Waals surface area contributed by atoms with Crippen molar-refractivity contribution in [3.8, 4) is 16.9 Å². The first-order valence-corrected chi connectivity index (χ1v) is 7.66. The van der Waals surface area contributed by atoms with Gasteiger partial charge in [-0.3, -0.25) is 0 Å². The molecule has 4 rings (SSSR count). The Morgan fingerprint density at radius 1 is 0.750 bits per heavy atom. The predicted octanol–water partition coefficient (Wildman–Crippen LogP) is 5.32. The first kappa shape index (κ1) is 14.3. The minimum atomic E-state index is -0.501. The molecule has 3 aromatic carbocycles. The third-order valence-corrected chi connectivity index (χ3v) is 3.80. The van der Waals surface area contributed by atoms with E-state index < -0.39 is 5.97 Å². The number of fused-ring (bicyclic) bond motifs is 1. The highest BCUT2D eigenvalue weighted by molar-refractivity contribution is 5.93. The van der Waals surface area contributed by atoms with E-state index in [9.17, 15) is 4.79 Å². The Morgan fingerprint density at radius 2 is 1.42 bits per heavy atom. The molecule has 0 atom stereocenters. The number of hydrogen-bond donors (Lipinski definition) is 0. The lowest BCUT2D eigenvalue weighted by molar-refractivity contribution is 0.0704. The molecule has 1 aromatic heterocycles. The van der Waals surface area contributed by atoms with E-state index in [-0.39, 0.29) is 5.76 Å². The van der Waals surface area contributed by atoms with Crippen LogP contribution in [0.4, 0.5) is 0 Å². The van der Waals surface area contributed by atoms with Crippen molar-refractivity contribution < 1.29 is 13.9 Å². The van der Waals surface area contributed by atoms with E-state index in [1.165, 1.54) is 0 Å². The van der Waals surface area contributed by atoms with Gasteiger partial charge in [-0.05, 0) is 35.4 Å². The second kappa shape index (κ2) is 6.05. The third kappa shape index (κ3) is 2.79. The molecule has 0 N–H and O–H groups in total. The number of hydrogen-bond acceptors (Lipinski definition) is 3. The molecule has 0 unspecified atom stereocenters. The number of furan rings is 1. The Morgan fingerprint density at radius 3 is 2.17 bits per heavy atom. The summed E-state index contributed by atoms with van der Waals surface area (Å²) in [6.07, 6.45) is 0. The fourth-order valence-corrected chi connectivity index (χ4v) is 2.59. The molecule has 3 heteroatoms. The summed E-state index contributed by atoms with van der Waals surface area (Å²) in [6, 6.07) is 26.6. The van der Waals surface area contributed by atoms with Gasteiger partial charge in [0, 0.05) is 5.39 Å². The topological polar surface area (TPSA) is 39.4 Å². The van der Waals surface area contributed by atoms with Gasteiger partial charge >= 0.3 is 5.97 Å². The number of benzene rings is 3. The summed E-state index contributed by atoms with van der Waals surface area (Å²) in [5.41, 5.74) is 2.86. The van der Waals surface area contributed by atoms with Gasteiger partial charge in [0.05, 0.1) is 0 Å². The fraction of sp³-hybridized carbons (Fsp3) is 0. The van der Waals surface area contributed by atoms with E-state index in [1.54, 1.807) is 18.2 Å². The van der Waals surface area contributed by atoms with Gasteiger partial charge in [-0.1, -0.05) is 60.7 Å². The largest absolute Gasteiger partial charge is 0.449 e. The maximum Gasteiger partial charge on any atom is 0.379 e. The van der Waals surface area contributed by atoms with E-state index in [4.69, 9.17) is 9.15 Å². The van der Waals surface area contributed by atoms with E-state index in [1.807, 2.05) is 66.7 Å². The van der Waals surface area contributed by atoms with E-state index >= 15 is 0 Å². The standard InChI is InChI=1S/C21H14O3/c22-21(20-14-17-8-4-5-9-19(17)24-20)23-18-12-10-16(11-13-18)15-6-2-1-3-7-15/h1-14H. The van der Waals surface area contributed by atoms with Gasteiger partial charge in [0.1, 0.15) is 11.3 Å². The zero-order valence-electron chi connectivity index (χ0n) is 12.8. The van der Waals surface area contributed by atoms with Crippen molar-refractivity contribution in [1.82, 2.24) is 0 Å². The third-order valence-electron chi connectivity index (χ3n) is 3.80. The van der Waals surface area contributed by atoms with Crippen molar-refractivity contribution in [3.05, 3.63) is 90.7 Å². The monoisotopic (exact) mass is 314 g/mol. The van der Waals surface area contributed by atoms with Gasteiger partial charge in [0.15, 0.2) is 0 Å². The number of esters is 1.